The number of carbonyl (C=O) groups excluding carboxylic acids is 1. The summed E-state index contributed by atoms with van der Waals surface area (Å²) in [5.41, 5.74) is 0.833. The Bertz CT molecular complexity index is 460. The van der Waals surface area contributed by atoms with Gasteiger partial charge in [-0.1, -0.05) is 27.2 Å². The van der Waals surface area contributed by atoms with Crippen LogP contribution >= 0.6 is 0 Å². The van der Waals surface area contributed by atoms with Gasteiger partial charge < -0.3 is 5.32 Å². The van der Waals surface area contributed by atoms with Gasteiger partial charge in [0.25, 0.3) is 5.91 Å². The van der Waals surface area contributed by atoms with Crippen molar-refractivity contribution >= 4 is 5.91 Å². The standard InChI is InChI=1S/C14H19N3O/c1-4-6-14(2,3)10-17-13(18)11-5-7-16-12(8-11)9-15/h5,7-8H,4,6,10H2,1-3H3,(H,17,18). The number of nitriles is 1. The number of hydrogen-bond donors (Lipinski definition) is 1. The van der Waals surface area contributed by atoms with Crippen molar-refractivity contribution < 1.29 is 4.79 Å². The monoisotopic (exact) mass is 245 g/mol. The average molecular weight is 245 g/mol. The molecule has 0 aliphatic heterocycles. The Morgan fingerprint density at radius 2 is 2.28 bits per heavy atom. The first kappa shape index (κ1) is 14.2. The predicted molar refractivity (Wildman–Crippen MR) is 70.0 cm³/mol. The van der Waals surface area contributed by atoms with Crippen LogP contribution < -0.4 is 5.32 Å². The number of amides is 1. The Kier molecular flexibility index (Phi) is 4.85. The highest BCUT2D eigenvalue weighted by atomic mass is 16.1. The molecule has 0 aliphatic rings. The zero-order valence-electron chi connectivity index (χ0n) is 11.2. The molecular weight excluding hydrogens is 226 g/mol. The molecule has 4 heteroatoms. The van der Waals surface area contributed by atoms with Crippen LogP contribution in [0.3, 0.4) is 0 Å². The lowest BCUT2D eigenvalue weighted by Crippen LogP contribution is -2.33. The molecule has 0 saturated carbocycles. The highest BCUT2D eigenvalue weighted by Gasteiger charge is 2.18. The van der Waals surface area contributed by atoms with Crippen LogP contribution in [0.4, 0.5) is 0 Å². The zero-order valence-corrected chi connectivity index (χ0v) is 11.2. The molecular formula is C14H19N3O. The summed E-state index contributed by atoms with van der Waals surface area (Å²) >= 11 is 0. The van der Waals surface area contributed by atoms with Crippen molar-refractivity contribution in [1.29, 1.82) is 5.26 Å². The van der Waals surface area contributed by atoms with Gasteiger partial charge in [-0.05, 0) is 24.0 Å². The molecule has 18 heavy (non-hydrogen) atoms. The fourth-order valence-corrected chi connectivity index (χ4v) is 1.82. The topological polar surface area (TPSA) is 65.8 Å². The molecule has 1 aromatic rings. The van der Waals surface area contributed by atoms with Crippen LogP contribution in [0.5, 0.6) is 0 Å². The van der Waals surface area contributed by atoms with Crippen molar-refractivity contribution in [2.45, 2.75) is 33.6 Å². The maximum atomic E-state index is 11.9. The van der Waals surface area contributed by atoms with Crippen LogP contribution in [0.1, 0.15) is 49.7 Å². The van der Waals surface area contributed by atoms with E-state index in [0.29, 0.717) is 12.1 Å². The molecule has 0 saturated heterocycles. The molecule has 1 N–H and O–H groups in total. The van der Waals surface area contributed by atoms with Crippen molar-refractivity contribution in [2.24, 2.45) is 5.41 Å². The van der Waals surface area contributed by atoms with E-state index in [1.807, 2.05) is 6.07 Å². The van der Waals surface area contributed by atoms with Gasteiger partial charge in [-0.25, -0.2) is 4.98 Å². The summed E-state index contributed by atoms with van der Waals surface area (Å²) in [6.45, 7) is 7.02. The van der Waals surface area contributed by atoms with E-state index in [1.165, 1.54) is 12.3 Å². The summed E-state index contributed by atoms with van der Waals surface area (Å²) in [6.07, 6.45) is 3.63. The maximum absolute atomic E-state index is 11.9. The Morgan fingerprint density at radius 1 is 1.56 bits per heavy atom. The van der Waals surface area contributed by atoms with Gasteiger partial charge in [0, 0.05) is 18.3 Å². The van der Waals surface area contributed by atoms with E-state index in [0.717, 1.165) is 12.8 Å². The highest BCUT2D eigenvalue weighted by Crippen LogP contribution is 2.20. The van der Waals surface area contributed by atoms with Gasteiger partial charge in [-0.3, -0.25) is 4.79 Å². The molecule has 0 atom stereocenters. The van der Waals surface area contributed by atoms with E-state index >= 15 is 0 Å². The minimum Gasteiger partial charge on any atom is -0.352 e. The summed E-state index contributed by atoms with van der Waals surface area (Å²) in [7, 11) is 0. The van der Waals surface area contributed by atoms with Crippen LogP contribution in [0.25, 0.3) is 0 Å². The van der Waals surface area contributed by atoms with Crippen LogP contribution in [0.15, 0.2) is 18.3 Å². The Balaban J connectivity index is 2.63. The van der Waals surface area contributed by atoms with Crippen LogP contribution in [-0.2, 0) is 0 Å². The molecule has 0 unspecified atom stereocenters. The number of rotatable bonds is 5. The van der Waals surface area contributed by atoms with Gasteiger partial charge in [0.1, 0.15) is 11.8 Å². The Labute approximate surface area is 108 Å². The fourth-order valence-electron chi connectivity index (χ4n) is 1.82. The molecule has 1 aromatic heterocycles. The fraction of sp³-hybridized carbons (Fsp3) is 0.500. The predicted octanol–water partition coefficient (Wildman–Crippen LogP) is 2.51. The molecule has 1 heterocycles. The third kappa shape index (κ3) is 4.17. The number of nitrogens with one attached hydrogen (secondary N) is 1. The molecule has 0 bridgehead atoms. The smallest absolute Gasteiger partial charge is 0.251 e. The molecule has 96 valence electrons. The van der Waals surface area contributed by atoms with Gasteiger partial charge in [-0.15, -0.1) is 0 Å². The second kappa shape index (κ2) is 6.15. The largest absolute Gasteiger partial charge is 0.352 e. The molecule has 0 aromatic carbocycles. The van der Waals surface area contributed by atoms with Crippen LogP contribution in [0, 0.1) is 16.7 Å². The molecule has 0 spiro atoms. The minimum absolute atomic E-state index is 0.0928. The van der Waals surface area contributed by atoms with Crippen molar-refractivity contribution in [3.63, 3.8) is 0 Å². The summed E-state index contributed by atoms with van der Waals surface area (Å²) in [4.78, 5) is 15.8. The second-order valence-electron chi connectivity index (χ2n) is 5.14. The van der Waals surface area contributed by atoms with Gasteiger partial charge in [0.05, 0.1) is 0 Å². The van der Waals surface area contributed by atoms with Gasteiger partial charge in [-0.2, -0.15) is 5.26 Å². The Morgan fingerprint density at radius 3 is 2.89 bits per heavy atom. The van der Waals surface area contributed by atoms with Crippen molar-refractivity contribution in [3.05, 3.63) is 29.6 Å². The quantitative estimate of drug-likeness (QED) is 0.866. The number of pyridine rings is 1. The summed E-state index contributed by atoms with van der Waals surface area (Å²) in [5.74, 6) is -0.155. The molecule has 0 radical (unpaired) electrons. The maximum Gasteiger partial charge on any atom is 0.251 e. The van der Waals surface area contributed by atoms with Crippen LogP contribution in [0.2, 0.25) is 0 Å². The first-order valence-corrected chi connectivity index (χ1v) is 6.13. The number of aromatic nitrogens is 1. The molecule has 4 nitrogen and oxygen atoms in total. The molecule has 1 amide bonds. The average Bonchev–Trinajstić information content (AvgIpc) is 2.36. The third-order valence-electron chi connectivity index (χ3n) is 2.79. The summed E-state index contributed by atoms with van der Waals surface area (Å²) in [5, 5.41) is 11.6. The van der Waals surface area contributed by atoms with E-state index in [1.54, 1.807) is 6.07 Å². The minimum atomic E-state index is -0.155. The SMILES string of the molecule is CCCC(C)(C)CNC(=O)c1ccnc(C#N)c1. The Hall–Kier alpha value is -1.89. The van der Waals surface area contributed by atoms with Crippen molar-refractivity contribution in [3.8, 4) is 6.07 Å². The molecule has 0 fully saturated rings. The van der Waals surface area contributed by atoms with E-state index in [-0.39, 0.29) is 17.0 Å². The zero-order chi connectivity index (χ0) is 13.6. The van der Waals surface area contributed by atoms with Crippen LogP contribution in [-0.4, -0.2) is 17.4 Å². The molecule has 1 rings (SSSR count). The normalized spacial score (nSPS) is 10.8. The summed E-state index contributed by atoms with van der Waals surface area (Å²) in [6, 6.07) is 5.04. The van der Waals surface area contributed by atoms with Gasteiger partial charge >= 0.3 is 0 Å². The number of hydrogen-bond acceptors (Lipinski definition) is 3. The van der Waals surface area contributed by atoms with E-state index in [9.17, 15) is 4.79 Å². The highest BCUT2D eigenvalue weighted by molar-refractivity contribution is 5.94. The van der Waals surface area contributed by atoms with E-state index < -0.39 is 0 Å². The number of nitrogens with zero attached hydrogens (tertiary/aromatic N) is 2. The second-order valence-corrected chi connectivity index (χ2v) is 5.14. The van der Waals surface area contributed by atoms with E-state index in [2.05, 4.69) is 31.1 Å². The summed E-state index contributed by atoms with van der Waals surface area (Å²) < 4.78 is 0. The van der Waals surface area contributed by atoms with Crippen molar-refractivity contribution in [2.75, 3.05) is 6.54 Å². The lowest BCUT2D eigenvalue weighted by Gasteiger charge is -2.24. The third-order valence-corrected chi connectivity index (χ3v) is 2.79. The van der Waals surface area contributed by atoms with Gasteiger partial charge in [0.15, 0.2) is 0 Å². The lowest BCUT2D eigenvalue weighted by atomic mass is 9.88. The first-order valence-electron chi connectivity index (χ1n) is 6.13. The van der Waals surface area contributed by atoms with Gasteiger partial charge in [0.2, 0.25) is 0 Å². The number of carbonyl (C=O) groups is 1. The first-order chi connectivity index (χ1) is 8.48. The molecule has 0 aliphatic carbocycles. The van der Waals surface area contributed by atoms with E-state index in [4.69, 9.17) is 5.26 Å². The van der Waals surface area contributed by atoms with Crippen molar-refractivity contribution in [1.82, 2.24) is 10.3 Å². The lowest BCUT2D eigenvalue weighted by molar-refractivity contribution is 0.0934.